The first-order valence-corrected chi connectivity index (χ1v) is 4.06. The van der Waals surface area contributed by atoms with Crippen molar-refractivity contribution in [1.82, 2.24) is 0 Å². The Hall–Kier alpha value is -1.88. The summed E-state index contributed by atoms with van der Waals surface area (Å²) in [5.74, 6) is -0.638. The molecule has 1 aromatic rings. The zero-order chi connectivity index (χ0) is 11.7. The number of carbonyl (C=O) groups is 2. The van der Waals surface area contributed by atoms with Gasteiger partial charge >= 0.3 is 5.97 Å². The molecule has 0 radical (unpaired) electrons. The fourth-order valence-electron chi connectivity index (χ4n) is 0.883. The highest BCUT2D eigenvalue weighted by Crippen LogP contribution is 2.12. The van der Waals surface area contributed by atoms with E-state index < -0.39 is 12.1 Å². The largest absolute Gasteiger partial charge is 0.483 e. The number of carbonyl (C=O) groups excluding carboxylic acids is 1. The summed E-state index contributed by atoms with van der Waals surface area (Å²) in [6.07, 6.45) is -1.17. The van der Waals surface area contributed by atoms with Crippen LogP contribution >= 0.6 is 0 Å². The number of aliphatic hydroxyl groups excluding tert-OH is 1. The molecular weight excluding hydrogens is 200 g/mol. The van der Waals surface area contributed by atoms with Gasteiger partial charge in [-0.15, -0.1) is 0 Å². The highest BCUT2D eigenvalue weighted by molar-refractivity contribution is 5.75. The van der Waals surface area contributed by atoms with E-state index >= 15 is 0 Å². The topological polar surface area (TPSA) is 83.8 Å². The fraction of sp³-hybridized carbons (Fsp3) is 0.200. The van der Waals surface area contributed by atoms with Crippen molar-refractivity contribution in [3.63, 3.8) is 0 Å². The minimum absolute atomic E-state index is 0.250. The summed E-state index contributed by atoms with van der Waals surface area (Å²) in [6, 6.07) is 8.65. The number of esters is 1. The average molecular weight is 212 g/mol. The molecule has 1 rings (SSSR count). The standard InChI is InChI=1S/C9H10O3.CH2O2/c1-12-9(11)8(10)7-5-3-2-4-6-7;2-1-3/h2-6,8,10H,1H3;1H,(H,2,3). The molecule has 82 valence electrons. The molecule has 1 atom stereocenters. The number of carboxylic acid groups (broad SMARTS) is 1. The predicted molar refractivity (Wildman–Crippen MR) is 52.1 cm³/mol. The Bertz CT molecular complexity index is 296. The maximum atomic E-state index is 10.8. The molecule has 0 saturated heterocycles. The number of hydrogen-bond donors (Lipinski definition) is 2. The molecule has 0 aromatic heterocycles. The van der Waals surface area contributed by atoms with Crippen LogP contribution in [0.2, 0.25) is 0 Å². The second-order valence-corrected chi connectivity index (χ2v) is 2.44. The van der Waals surface area contributed by atoms with E-state index in [9.17, 15) is 9.90 Å². The third-order valence-electron chi connectivity index (χ3n) is 1.54. The van der Waals surface area contributed by atoms with E-state index in [2.05, 4.69) is 4.74 Å². The van der Waals surface area contributed by atoms with Gasteiger partial charge < -0.3 is 14.9 Å². The van der Waals surface area contributed by atoms with E-state index in [0.717, 1.165) is 0 Å². The zero-order valence-electron chi connectivity index (χ0n) is 8.16. The smallest absolute Gasteiger partial charge is 0.339 e. The summed E-state index contributed by atoms with van der Waals surface area (Å²) in [5.41, 5.74) is 0.546. The molecule has 2 N–H and O–H groups in total. The van der Waals surface area contributed by atoms with Crippen molar-refractivity contribution in [3.05, 3.63) is 35.9 Å². The Labute approximate surface area is 86.9 Å². The van der Waals surface area contributed by atoms with Gasteiger partial charge in [-0.1, -0.05) is 30.3 Å². The van der Waals surface area contributed by atoms with Crippen LogP contribution in [0.15, 0.2) is 30.3 Å². The van der Waals surface area contributed by atoms with Gasteiger partial charge in [-0.2, -0.15) is 0 Å². The minimum Gasteiger partial charge on any atom is -0.483 e. The Morgan fingerprint density at radius 2 is 1.87 bits per heavy atom. The van der Waals surface area contributed by atoms with Crippen LogP contribution in [0.3, 0.4) is 0 Å². The normalized spacial score (nSPS) is 10.5. The number of rotatable bonds is 2. The molecule has 0 spiro atoms. The van der Waals surface area contributed by atoms with Gasteiger partial charge in [0, 0.05) is 0 Å². The van der Waals surface area contributed by atoms with Gasteiger partial charge in [0.25, 0.3) is 6.47 Å². The second kappa shape index (κ2) is 7.52. The van der Waals surface area contributed by atoms with Crippen molar-refractivity contribution in [1.29, 1.82) is 0 Å². The Morgan fingerprint density at radius 3 is 2.27 bits per heavy atom. The average Bonchev–Trinajstić information content (AvgIpc) is 2.29. The van der Waals surface area contributed by atoms with Gasteiger partial charge in [0.2, 0.25) is 0 Å². The number of hydrogen-bond acceptors (Lipinski definition) is 4. The lowest BCUT2D eigenvalue weighted by Crippen LogP contribution is -2.13. The SMILES string of the molecule is COC(=O)C(O)c1ccccc1.O=CO. The summed E-state index contributed by atoms with van der Waals surface area (Å²) in [5, 5.41) is 16.2. The second-order valence-electron chi connectivity index (χ2n) is 2.44. The minimum atomic E-state index is -1.17. The molecule has 0 heterocycles. The van der Waals surface area contributed by atoms with E-state index in [1.165, 1.54) is 7.11 Å². The molecule has 1 aromatic carbocycles. The van der Waals surface area contributed by atoms with E-state index in [1.807, 2.05) is 6.07 Å². The summed E-state index contributed by atoms with van der Waals surface area (Å²) >= 11 is 0. The lowest BCUT2D eigenvalue weighted by atomic mass is 10.1. The van der Waals surface area contributed by atoms with E-state index in [1.54, 1.807) is 24.3 Å². The molecular formula is C10H12O5. The summed E-state index contributed by atoms with van der Waals surface area (Å²) in [4.78, 5) is 19.2. The lowest BCUT2D eigenvalue weighted by molar-refractivity contribution is -0.150. The molecule has 5 heteroatoms. The fourth-order valence-corrected chi connectivity index (χ4v) is 0.883. The lowest BCUT2D eigenvalue weighted by Gasteiger charge is -2.07. The zero-order valence-corrected chi connectivity index (χ0v) is 8.16. The molecule has 5 nitrogen and oxygen atoms in total. The van der Waals surface area contributed by atoms with Crippen LogP contribution in [0.1, 0.15) is 11.7 Å². The first-order valence-electron chi connectivity index (χ1n) is 4.06. The van der Waals surface area contributed by atoms with Crippen molar-refractivity contribution >= 4 is 12.4 Å². The number of aliphatic hydroxyl groups is 1. The van der Waals surface area contributed by atoms with Crippen molar-refractivity contribution < 1.29 is 24.5 Å². The van der Waals surface area contributed by atoms with E-state index in [-0.39, 0.29) is 6.47 Å². The van der Waals surface area contributed by atoms with Crippen LogP contribution in [0.4, 0.5) is 0 Å². The van der Waals surface area contributed by atoms with Gasteiger partial charge in [-0.3, -0.25) is 4.79 Å². The predicted octanol–water partition coefficient (Wildman–Crippen LogP) is 0.594. The van der Waals surface area contributed by atoms with Crippen LogP contribution in [-0.4, -0.2) is 29.8 Å². The van der Waals surface area contributed by atoms with Gasteiger partial charge in [-0.25, -0.2) is 4.79 Å². The van der Waals surface area contributed by atoms with Crippen LogP contribution < -0.4 is 0 Å². The van der Waals surface area contributed by atoms with Gasteiger partial charge in [-0.05, 0) is 5.56 Å². The summed E-state index contributed by atoms with van der Waals surface area (Å²) in [6.45, 7) is -0.250. The van der Waals surface area contributed by atoms with Crippen LogP contribution in [0.25, 0.3) is 0 Å². The molecule has 0 aliphatic rings. The molecule has 0 aliphatic heterocycles. The quantitative estimate of drug-likeness (QED) is 0.553. The molecule has 1 unspecified atom stereocenters. The van der Waals surface area contributed by atoms with Crippen molar-refractivity contribution in [2.75, 3.05) is 7.11 Å². The highest BCUT2D eigenvalue weighted by atomic mass is 16.5. The van der Waals surface area contributed by atoms with E-state index in [0.29, 0.717) is 5.56 Å². The number of methoxy groups -OCH3 is 1. The first-order chi connectivity index (χ1) is 7.17. The first kappa shape index (κ1) is 13.1. The molecule has 0 saturated carbocycles. The van der Waals surface area contributed by atoms with E-state index in [4.69, 9.17) is 9.90 Å². The van der Waals surface area contributed by atoms with Crippen LogP contribution in [0.5, 0.6) is 0 Å². The highest BCUT2D eigenvalue weighted by Gasteiger charge is 2.16. The van der Waals surface area contributed by atoms with Gasteiger partial charge in [0.15, 0.2) is 6.10 Å². The number of ether oxygens (including phenoxy) is 1. The maximum Gasteiger partial charge on any atom is 0.339 e. The van der Waals surface area contributed by atoms with Gasteiger partial charge in [0.1, 0.15) is 0 Å². The van der Waals surface area contributed by atoms with Crippen LogP contribution in [-0.2, 0) is 14.3 Å². The Kier molecular flexibility index (Phi) is 6.57. The van der Waals surface area contributed by atoms with Crippen molar-refractivity contribution in [2.45, 2.75) is 6.10 Å². The Balaban J connectivity index is 0.000000583. The van der Waals surface area contributed by atoms with Crippen LogP contribution in [0, 0.1) is 0 Å². The third kappa shape index (κ3) is 4.78. The molecule has 0 fully saturated rings. The number of benzene rings is 1. The monoisotopic (exact) mass is 212 g/mol. The van der Waals surface area contributed by atoms with Gasteiger partial charge in [0.05, 0.1) is 7.11 Å². The van der Waals surface area contributed by atoms with Crippen molar-refractivity contribution in [3.8, 4) is 0 Å². The maximum absolute atomic E-state index is 10.8. The molecule has 15 heavy (non-hydrogen) atoms. The molecule has 0 bridgehead atoms. The summed E-state index contributed by atoms with van der Waals surface area (Å²) in [7, 11) is 1.24. The third-order valence-corrected chi connectivity index (χ3v) is 1.54. The van der Waals surface area contributed by atoms with Crippen molar-refractivity contribution in [2.24, 2.45) is 0 Å². The Morgan fingerprint density at radius 1 is 1.40 bits per heavy atom. The molecule has 0 amide bonds. The molecule has 0 aliphatic carbocycles. The summed E-state index contributed by atoms with van der Waals surface area (Å²) < 4.78 is 4.38.